The van der Waals surface area contributed by atoms with E-state index in [9.17, 15) is 0 Å². The molecule has 0 saturated carbocycles. The van der Waals surface area contributed by atoms with Gasteiger partial charge in [-0.3, -0.25) is 4.99 Å². The Morgan fingerprint density at radius 1 is 1.09 bits per heavy atom. The van der Waals surface area contributed by atoms with Crippen LogP contribution in [0.5, 0.6) is 0 Å². The zero-order valence-corrected chi connectivity index (χ0v) is 22.3. The molecule has 35 heavy (non-hydrogen) atoms. The molecule has 2 aromatic carbocycles. The molecule has 0 atom stereocenters. The van der Waals surface area contributed by atoms with Crippen LogP contribution >= 0.6 is 0 Å². The fraction of sp³-hybridized carbons (Fsp3) is 0.242. The Morgan fingerprint density at radius 3 is 2.34 bits per heavy atom. The van der Waals surface area contributed by atoms with Crippen molar-refractivity contribution in [1.29, 1.82) is 0 Å². The highest BCUT2D eigenvalue weighted by molar-refractivity contribution is 5.92. The average Bonchev–Trinajstić information content (AvgIpc) is 2.87. The molecule has 2 aromatic rings. The largest absolute Gasteiger partial charge is 0.384 e. The number of allylic oxidation sites excluding steroid dienone is 7. The summed E-state index contributed by atoms with van der Waals surface area (Å²) in [6.07, 6.45) is 14.1. The van der Waals surface area contributed by atoms with Crippen molar-refractivity contribution in [3.63, 3.8) is 0 Å². The summed E-state index contributed by atoms with van der Waals surface area (Å²) in [5.74, 6) is 2.70. The summed E-state index contributed by atoms with van der Waals surface area (Å²) in [4.78, 5) is 4.13. The molecule has 182 valence electrons. The summed E-state index contributed by atoms with van der Waals surface area (Å²) in [5.41, 5.74) is 9.41. The smallest absolute Gasteiger partial charge is 0.0420 e. The van der Waals surface area contributed by atoms with Crippen LogP contribution in [0.25, 0.3) is 5.57 Å². The average molecular weight is 465 g/mol. The summed E-state index contributed by atoms with van der Waals surface area (Å²) in [6, 6.07) is 16.8. The van der Waals surface area contributed by atoms with Gasteiger partial charge in [0.05, 0.1) is 0 Å². The van der Waals surface area contributed by atoms with Crippen LogP contribution < -0.4 is 5.32 Å². The van der Waals surface area contributed by atoms with Gasteiger partial charge in [0.1, 0.15) is 0 Å². The number of hydrogen-bond donors (Lipinski definition) is 1. The van der Waals surface area contributed by atoms with Crippen LogP contribution in [0.4, 0.5) is 5.69 Å². The normalized spacial score (nSPS) is 12.0. The van der Waals surface area contributed by atoms with Crippen LogP contribution in [0.3, 0.4) is 0 Å². The van der Waals surface area contributed by atoms with Gasteiger partial charge in [-0.05, 0) is 66.3 Å². The van der Waals surface area contributed by atoms with Crippen molar-refractivity contribution in [2.24, 2.45) is 4.99 Å². The monoisotopic (exact) mass is 464 g/mol. The summed E-state index contributed by atoms with van der Waals surface area (Å²) in [5, 5.41) is 3.52. The Kier molecular flexibility index (Phi) is 13.3. The van der Waals surface area contributed by atoms with Crippen LogP contribution in [0, 0.1) is 19.3 Å². The van der Waals surface area contributed by atoms with Gasteiger partial charge < -0.3 is 5.32 Å². The molecule has 0 amide bonds. The van der Waals surface area contributed by atoms with Gasteiger partial charge in [0.15, 0.2) is 0 Å². The predicted octanol–water partition coefficient (Wildman–Crippen LogP) is 8.59. The first kappa shape index (κ1) is 29.2. The van der Waals surface area contributed by atoms with E-state index in [1.165, 1.54) is 5.56 Å². The standard InChI is InChI=1S/C31H34N2.C2H6/c1-8-10-20-33-29-19-16-24(5)21-28(29)31(27-14-12-11-13-15-27)30(23(3)4)25(6)17-18-26(9-2)22-32-7;1-2/h1,9,11-19,21-22,33H,3,6,10,20H2,2,4-5,7H3;1-2H3/b18-17+,26-9-,31-30+,32-22?;. The number of rotatable bonds is 10. The summed E-state index contributed by atoms with van der Waals surface area (Å²) in [6.45, 7) is 19.6. The molecule has 0 aliphatic carbocycles. The maximum atomic E-state index is 5.48. The topological polar surface area (TPSA) is 24.4 Å². The molecule has 2 nitrogen and oxygen atoms in total. The zero-order chi connectivity index (χ0) is 26.2. The molecule has 0 fully saturated rings. The summed E-state index contributed by atoms with van der Waals surface area (Å²) >= 11 is 0. The lowest BCUT2D eigenvalue weighted by atomic mass is 9.85. The number of aliphatic imine (C=N–C) groups is 1. The van der Waals surface area contributed by atoms with Crippen molar-refractivity contribution in [3.8, 4) is 12.3 Å². The second kappa shape index (κ2) is 15.9. The first-order valence-electron chi connectivity index (χ1n) is 12.1. The van der Waals surface area contributed by atoms with Crippen molar-refractivity contribution in [1.82, 2.24) is 0 Å². The Labute approximate surface area is 213 Å². The van der Waals surface area contributed by atoms with E-state index < -0.39 is 0 Å². The number of terminal acetylenes is 1. The van der Waals surface area contributed by atoms with E-state index in [2.05, 4.69) is 78.8 Å². The van der Waals surface area contributed by atoms with E-state index in [1.807, 2.05) is 58.2 Å². The van der Waals surface area contributed by atoms with Gasteiger partial charge in [-0.1, -0.05) is 87.2 Å². The molecule has 0 unspecified atom stereocenters. The number of anilines is 1. The number of nitrogens with zero attached hydrogens (tertiary/aromatic N) is 1. The number of hydrogen-bond acceptors (Lipinski definition) is 2. The number of aryl methyl sites for hydroxylation is 1. The van der Waals surface area contributed by atoms with E-state index in [0.717, 1.165) is 44.7 Å². The lowest BCUT2D eigenvalue weighted by Gasteiger charge is -2.21. The molecule has 2 heteroatoms. The van der Waals surface area contributed by atoms with E-state index in [0.29, 0.717) is 13.0 Å². The third kappa shape index (κ3) is 8.80. The van der Waals surface area contributed by atoms with Crippen molar-refractivity contribution < 1.29 is 0 Å². The lowest BCUT2D eigenvalue weighted by Crippen LogP contribution is -2.06. The van der Waals surface area contributed by atoms with Gasteiger partial charge >= 0.3 is 0 Å². The minimum absolute atomic E-state index is 0.658. The molecule has 0 saturated heterocycles. The van der Waals surface area contributed by atoms with Crippen LogP contribution in [0.2, 0.25) is 0 Å². The van der Waals surface area contributed by atoms with Gasteiger partial charge in [-0.15, -0.1) is 12.3 Å². The lowest BCUT2D eigenvalue weighted by molar-refractivity contribution is 1.09. The number of nitrogens with one attached hydrogen (secondary N) is 1. The van der Waals surface area contributed by atoms with E-state index in [4.69, 9.17) is 6.42 Å². The molecule has 2 rings (SSSR count). The molecule has 0 heterocycles. The fourth-order valence-electron chi connectivity index (χ4n) is 3.62. The van der Waals surface area contributed by atoms with Crippen LogP contribution in [0.1, 0.15) is 50.8 Å². The van der Waals surface area contributed by atoms with Crippen molar-refractivity contribution in [2.75, 3.05) is 18.9 Å². The molecular weight excluding hydrogens is 424 g/mol. The minimum Gasteiger partial charge on any atom is -0.384 e. The summed E-state index contributed by atoms with van der Waals surface area (Å²) < 4.78 is 0. The predicted molar refractivity (Wildman–Crippen MR) is 158 cm³/mol. The van der Waals surface area contributed by atoms with Gasteiger partial charge in [0.25, 0.3) is 0 Å². The molecule has 0 aromatic heterocycles. The second-order valence-electron chi connectivity index (χ2n) is 7.86. The Balaban J connectivity index is 0.00000298. The van der Waals surface area contributed by atoms with Gasteiger partial charge in [0.2, 0.25) is 0 Å². The maximum Gasteiger partial charge on any atom is 0.0420 e. The zero-order valence-electron chi connectivity index (χ0n) is 22.3. The Bertz CT molecular complexity index is 1150. The quantitative estimate of drug-likeness (QED) is 0.162. The van der Waals surface area contributed by atoms with Crippen molar-refractivity contribution >= 4 is 17.5 Å². The highest BCUT2D eigenvalue weighted by Gasteiger charge is 2.17. The maximum absolute atomic E-state index is 5.48. The molecule has 0 aliphatic rings. The van der Waals surface area contributed by atoms with Crippen molar-refractivity contribution in [2.45, 2.75) is 41.0 Å². The van der Waals surface area contributed by atoms with E-state index in [1.54, 1.807) is 7.05 Å². The molecule has 0 aliphatic heterocycles. The van der Waals surface area contributed by atoms with Gasteiger partial charge in [0, 0.05) is 37.5 Å². The van der Waals surface area contributed by atoms with Gasteiger partial charge in [-0.25, -0.2) is 0 Å². The van der Waals surface area contributed by atoms with E-state index >= 15 is 0 Å². The second-order valence-corrected chi connectivity index (χ2v) is 7.86. The SMILES string of the molecule is C#CCCNc1ccc(C)cc1/C(=C(\C(=C)C)C(=C)/C=C/C(C=NC)=C/C)c1ccccc1.CC. The van der Waals surface area contributed by atoms with E-state index in [-0.39, 0.29) is 0 Å². The first-order valence-corrected chi connectivity index (χ1v) is 12.1. The highest BCUT2D eigenvalue weighted by atomic mass is 14.9. The third-order valence-electron chi connectivity index (χ3n) is 5.18. The highest BCUT2D eigenvalue weighted by Crippen LogP contribution is 2.38. The summed E-state index contributed by atoms with van der Waals surface area (Å²) in [7, 11) is 1.77. The van der Waals surface area contributed by atoms with Crippen LogP contribution in [-0.2, 0) is 0 Å². The molecule has 1 N–H and O–H groups in total. The van der Waals surface area contributed by atoms with Crippen LogP contribution in [0.15, 0.2) is 107 Å². The minimum atomic E-state index is 0.658. The molecular formula is C33H40N2. The Morgan fingerprint density at radius 2 is 1.77 bits per heavy atom. The van der Waals surface area contributed by atoms with Crippen molar-refractivity contribution in [3.05, 3.63) is 119 Å². The fourth-order valence-corrected chi connectivity index (χ4v) is 3.62. The molecule has 0 bridgehead atoms. The number of benzene rings is 2. The van der Waals surface area contributed by atoms with Gasteiger partial charge in [-0.2, -0.15) is 0 Å². The van der Waals surface area contributed by atoms with Crippen LogP contribution in [-0.4, -0.2) is 19.8 Å². The molecule has 0 radical (unpaired) electrons. The first-order chi connectivity index (χ1) is 16.9. The molecule has 0 spiro atoms. The third-order valence-corrected chi connectivity index (χ3v) is 5.18. The Hall–Kier alpha value is -3.83.